The molecule has 2 heterocycles. The molecule has 0 saturated carbocycles. The zero-order chi connectivity index (χ0) is 20.7. The topological polar surface area (TPSA) is 50.4 Å². The number of benzene rings is 2. The van der Waals surface area contributed by atoms with Crippen LogP contribution in [0.5, 0.6) is 5.75 Å². The zero-order valence-corrected chi connectivity index (χ0v) is 18.8. The van der Waals surface area contributed by atoms with Crippen LogP contribution < -0.4 is 15.4 Å². The standard InChI is InChI=1S/C24H21BrN2O2S/c1-29-16-8-6-14(7-9-16)15-12-19-23(20(28)13-15)24(21-10-11-22(25)30-21)27-18-5-3-2-4-17(18)26-19/h2-11,15,24,26-27H,12-13H2,1H3/t15-,24-/m1/s1. The van der Waals surface area contributed by atoms with E-state index in [4.69, 9.17) is 4.74 Å². The Morgan fingerprint density at radius 3 is 2.47 bits per heavy atom. The Hall–Kier alpha value is -2.57. The third-order valence-corrected chi connectivity index (χ3v) is 7.46. The fourth-order valence-corrected chi connectivity index (χ4v) is 5.79. The van der Waals surface area contributed by atoms with Crippen LogP contribution in [0, 0.1) is 0 Å². The number of ketones is 1. The second-order valence-electron chi connectivity index (χ2n) is 7.58. The number of fused-ring (bicyclic) bond motifs is 1. The summed E-state index contributed by atoms with van der Waals surface area (Å²) in [7, 11) is 1.67. The molecule has 3 aromatic rings. The van der Waals surface area contributed by atoms with Gasteiger partial charge in [-0.3, -0.25) is 4.79 Å². The van der Waals surface area contributed by atoms with E-state index in [1.807, 2.05) is 30.3 Å². The number of methoxy groups -OCH3 is 1. The second kappa shape index (κ2) is 7.93. The number of thiophene rings is 1. The van der Waals surface area contributed by atoms with Crippen LogP contribution >= 0.6 is 27.3 Å². The van der Waals surface area contributed by atoms with E-state index in [0.29, 0.717) is 6.42 Å². The minimum Gasteiger partial charge on any atom is -0.497 e. The van der Waals surface area contributed by atoms with Gasteiger partial charge in [0, 0.05) is 22.6 Å². The molecule has 0 bridgehead atoms. The maximum absolute atomic E-state index is 13.5. The highest BCUT2D eigenvalue weighted by atomic mass is 79.9. The predicted molar refractivity (Wildman–Crippen MR) is 125 cm³/mol. The van der Waals surface area contributed by atoms with Crippen molar-refractivity contribution in [2.75, 3.05) is 17.7 Å². The first-order valence-corrected chi connectivity index (χ1v) is 11.5. The monoisotopic (exact) mass is 480 g/mol. The van der Waals surface area contributed by atoms with Crippen molar-refractivity contribution in [3.63, 3.8) is 0 Å². The van der Waals surface area contributed by atoms with Gasteiger partial charge in [0.05, 0.1) is 28.3 Å². The van der Waals surface area contributed by atoms with Crippen molar-refractivity contribution in [2.45, 2.75) is 24.8 Å². The van der Waals surface area contributed by atoms with Gasteiger partial charge in [-0.25, -0.2) is 0 Å². The molecule has 0 unspecified atom stereocenters. The summed E-state index contributed by atoms with van der Waals surface area (Å²) in [4.78, 5) is 14.6. The van der Waals surface area contributed by atoms with Crippen molar-refractivity contribution in [3.8, 4) is 5.75 Å². The van der Waals surface area contributed by atoms with E-state index in [9.17, 15) is 4.79 Å². The van der Waals surface area contributed by atoms with Gasteiger partial charge in [-0.05, 0) is 70.2 Å². The highest BCUT2D eigenvalue weighted by Crippen LogP contribution is 2.45. The molecule has 2 aromatic carbocycles. The number of hydrogen-bond acceptors (Lipinski definition) is 5. The normalized spacial score (nSPS) is 20.5. The Morgan fingerprint density at radius 1 is 1.00 bits per heavy atom. The molecule has 0 spiro atoms. The third kappa shape index (κ3) is 3.55. The number of rotatable bonds is 3. The largest absolute Gasteiger partial charge is 0.497 e. The van der Waals surface area contributed by atoms with Gasteiger partial charge in [-0.2, -0.15) is 0 Å². The van der Waals surface area contributed by atoms with E-state index in [2.05, 4.69) is 56.9 Å². The zero-order valence-electron chi connectivity index (χ0n) is 16.4. The summed E-state index contributed by atoms with van der Waals surface area (Å²) >= 11 is 5.23. The van der Waals surface area contributed by atoms with Crippen LogP contribution in [0.25, 0.3) is 0 Å². The predicted octanol–water partition coefficient (Wildman–Crippen LogP) is 6.50. The van der Waals surface area contributed by atoms with Crippen molar-refractivity contribution < 1.29 is 9.53 Å². The van der Waals surface area contributed by atoms with Gasteiger partial charge in [0.25, 0.3) is 0 Å². The molecule has 2 atom stereocenters. The summed E-state index contributed by atoms with van der Waals surface area (Å²) in [5, 5.41) is 7.21. The lowest BCUT2D eigenvalue weighted by molar-refractivity contribution is -0.116. The highest BCUT2D eigenvalue weighted by molar-refractivity contribution is 9.11. The van der Waals surface area contributed by atoms with Crippen LogP contribution in [-0.4, -0.2) is 12.9 Å². The van der Waals surface area contributed by atoms with Crippen LogP contribution in [0.4, 0.5) is 11.4 Å². The molecule has 2 N–H and O–H groups in total. The number of carbonyl (C=O) groups is 1. The molecule has 1 aliphatic heterocycles. The molecule has 0 fully saturated rings. The lowest BCUT2D eigenvalue weighted by Crippen LogP contribution is -2.26. The Kier molecular flexibility index (Phi) is 5.13. The minimum absolute atomic E-state index is 0.149. The van der Waals surface area contributed by atoms with Crippen molar-refractivity contribution in [1.29, 1.82) is 0 Å². The molecule has 30 heavy (non-hydrogen) atoms. The van der Waals surface area contributed by atoms with Crippen LogP contribution in [0.3, 0.4) is 0 Å². The Balaban J connectivity index is 1.57. The molecule has 4 nitrogen and oxygen atoms in total. The van der Waals surface area contributed by atoms with E-state index >= 15 is 0 Å². The number of ether oxygens (including phenoxy) is 1. The molecule has 0 saturated heterocycles. The van der Waals surface area contributed by atoms with Crippen molar-refractivity contribution in [3.05, 3.63) is 86.2 Å². The Morgan fingerprint density at radius 2 is 1.77 bits per heavy atom. The lowest BCUT2D eigenvalue weighted by atomic mass is 9.79. The average molecular weight is 481 g/mol. The summed E-state index contributed by atoms with van der Waals surface area (Å²) in [6, 6.07) is 20.2. The molecule has 6 heteroatoms. The van der Waals surface area contributed by atoms with Gasteiger partial charge in [0.15, 0.2) is 5.78 Å². The molecule has 5 rings (SSSR count). The van der Waals surface area contributed by atoms with Crippen molar-refractivity contribution in [2.24, 2.45) is 0 Å². The first-order valence-electron chi connectivity index (χ1n) is 9.90. The molecule has 1 aromatic heterocycles. The van der Waals surface area contributed by atoms with Gasteiger partial charge in [0.2, 0.25) is 0 Å². The molecule has 1 aliphatic carbocycles. The third-order valence-electron chi connectivity index (χ3n) is 5.77. The lowest BCUT2D eigenvalue weighted by Gasteiger charge is -2.29. The summed E-state index contributed by atoms with van der Waals surface area (Å²) in [6.45, 7) is 0. The molecule has 0 radical (unpaired) electrons. The van der Waals surface area contributed by atoms with Gasteiger partial charge in [0.1, 0.15) is 5.75 Å². The maximum atomic E-state index is 13.5. The number of carbonyl (C=O) groups excluding carboxylic acids is 1. The fourth-order valence-electron chi connectivity index (χ4n) is 4.30. The first kappa shape index (κ1) is 19.4. The first-order chi connectivity index (χ1) is 14.6. The minimum atomic E-state index is -0.156. The van der Waals surface area contributed by atoms with E-state index < -0.39 is 0 Å². The van der Waals surface area contributed by atoms with Gasteiger partial charge >= 0.3 is 0 Å². The maximum Gasteiger partial charge on any atom is 0.163 e. The van der Waals surface area contributed by atoms with Crippen LogP contribution in [-0.2, 0) is 4.79 Å². The van der Waals surface area contributed by atoms with Gasteiger partial charge in [-0.1, -0.05) is 24.3 Å². The quantitative estimate of drug-likeness (QED) is 0.449. The molecule has 0 amide bonds. The number of anilines is 2. The van der Waals surface area contributed by atoms with E-state index in [1.165, 1.54) is 5.56 Å². The van der Waals surface area contributed by atoms with Crippen LogP contribution in [0.2, 0.25) is 0 Å². The SMILES string of the molecule is COc1ccc([C@H]2CC(=O)C3=C(C2)Nc2ccccc2N[C@@H]3c2ccc(Br)s2)cc1. The van der Waals surface area contributed by atoms with Crippen LogP contribution in [0.1, 0.15) is 35.2 Å². The van der Waals surface area contributed by atoms with E-state index in [0.717, 1.165) is 43.5 Å². The second-order valence-corrected chi connectivity index (χ2v) is 10.1. The van der Waals surface area contributed by atoms with E-state index in [1.54, 1.807) is 18.4 Å². The Bertz CT molecular complexity index is 1140. The number of Topliss-reactive ketones (excluding diaryl/α,β-unsaturated/α-hetero) is 1. The average Bonchev–Trinajstić information content (AvgIpc) is 3.11. The fraction of sp³-hybridized carbons (Fsp3) is 0.208. The Labute approximate surface area is 188 Å². The summed E-state index contributed by atoms with van der Waals surface area (Å²) in [5.41, 5.74) is 5.05. The molecular formula is C24H21BrN2O2S. The number of nitrogens with one attached hydrogen (secondary N) is 2. The van der Waals surface area contributed by atoms with Gasteiger partial charge in [-0.15, -0.1) is 11.3 Å². The summed E-state index contributed by atoms with van der Waals surface area (Å²) < 4.78 is 6.35. The van der Waals surface area contributed by atoms with Crippen molar-refractivity contribution in [1.82, 2.24) is 0 Å². The molecule has 2 aliphatic rings. The number of para-hydroxylation sites is 2. The number of hydrogen-bond donors (Lipinski definition) is 2. The van der Waals surface area contributed by atoms with Crippen LogP contribution in [0.15, 0.2) is 75.7 Å². The molecular weight excluding hydrogens is 460 g/mol. The molecule has 152 valence electrons. The number of halogens is 1. The number of allylic oxidation sites excluding steroid dienone is 1. The smallest absolute Gasteiger partial charge is 0.163 e. The van der Waals surface area contributed by atoms with E-state index in [-0.39, 0.29) is 17.7 Å². The van der Waals surface area contributed by atoms with Crippen molar-refractivity contribution >= 4 is 44.4 Å². The highest BCUT2D eigenvalue weighted by Gasteiger charge is 2.36. The summed E-state index contributed by atoms with van der Waals surface area (Å²) in [5.74, 6) is 1.17. The van der Waals surface area contributed by atoms with Gasteiger partial charge < -0.3 is 15.4 Å². The summed E-state index contributed by atoms with van der Waals surface area (Å²) in [6.07, 6.45) is 1.31.